The number of rotatable bonds is 4. The smallest absolute Gasteiger partial charge is 0.356 e. The minimum absolute atomic E-state index is 0.0640. The average molecular weight is 341 g/mol. The van der Waals surface area contributed by atoms with Crippen molar-refractivity contribution in [1.82, 2.24) is 24.9 Å². The number of nitrogens with zero attached hydrogens (tertiary/aromatic N) is 4. The number of carbonyl (C=O) groups excluding carboxylic acids is 1. The van der Waals surface area contributed by atoms with E-state index in [0.29, 0.717) is 29.4 Å². The van der Waals surface area contributed by atoms with E-state index < -0.39 is 12.0 Å². The number of aromatic nitrogens is 4. The van der Waals surface area contributed by atoms with Crippen LogP contribution >= 0.6 is 0 Å². The van der Waals surface area contributed by atoms with Gasteiger partial charge in [-0.05, 0) is 32.6 Å². The fraction of sp³-hybridized carbons (Fsp3) is 0.600. The van der Waals surface area contributed by atoms with Gasteiger partial charge < -0.3 is 5.32 Å². The third-order valence-corrected chi connectivity index (χ3v) is 4.45. The van der Waals surface area contributed by atoms with Crippen LogP contribution in [-0.2, 0) is 17.4 Å². The molecule has 2 heterocycles. The molecule has 0 unspecified atom stereocenters. The summed E-state index contributed by atoms with van der Waals surface area (Å²) >= 11 is 0. The molecule has 0 aromatic carbocycles. The van der Waals surface area contributed by atoms with Crippen molar-refractivity contribution in [3.05, 3.63) is 22.8 Å². The van der Waals surface area contributed by atoms with Gasteiger partial charge >= 0.3 is 6.18 Å². The van der Waals surface area contributed by atoms with Gasteiger partial charge in [0.25, 0.3) is 11.6 Å². The Morgan fingerprint density at radius 1 is 1.29 bits per heavy atom. The zero-order valence-corrected chi connectivity index (χ0v) is 13.4. The topological polar surface area (TPSA) is 72.2 Å². The van der Waals surface area contributed by atoms with E-state index in [2.05, 4.69) is 20.4 Å². The van der Waals surface area contributed by atoms with Crippen molar-refractivity contribution in [2.75, 3.05) is 6.54 Å². The summed E-state index contributed by atoms with van der Waals surface area (Å²) in [7, 11) is 0. The van der Waals surface area contributed by atoms with Gasteiger partial charge in [-0.15, -0.1) is 5.10 Å². The van der Waals surface area contributed by atoms with Gasteiger partial charge in [0, 0.05) is 23.5 Å². The Hall–Kier alpha value is -2.19. The summed E-state index contributed by atoms with van der Waals surface area (Å²) in [5.41, 5.74) is 1.51. The summed E-state index contributed by atoms with van der Waals surface area (Å²) in [5, 5.41) is 6.35. The molecule has 0 aliphatic heterocycles. The van der Waals surface area contributed by atoms with E-state index in [1.54, 1.807) is 13.8 Å². The van der Waals surface area contributed by atoms with E-state index in [4.69, 9.17) is 0 Å². The average Bonchev–Trinajstić information content (AvgIpc) is 2.86. The lowest BCUT2D eigenvalue weighted by atomic mass is 9.85. The second kappa shape index (κ2) is 6.03. The van der Waals surface area contributed by atoms with E-state index in [0.717, 1.165) is 17.4 Å². The van der Waals surface area contributed by atoms with Crippen molar-refractivity contribution in [3.8, 4) is 0 Å². The second-order valence-corrected chi connectivity index (χ2v) is 6.18. The zero-order chi connectivity index (χ0) is 17.5. The fourth-order valence-corrected chi connectivity index (χ4v) is 2.76. The lowest BCUT2D eigenvalue weighted by Crippen LogP contribution is -2.33. The van der Waals surface area contributed by atoms with Gasteiger partial charge in [-0.1, -0.05) is 6.42 Å². The number of nitrogens with one attached hydrogen (secondary N) is 1. The zero-order valence-electron chi connectivity index (χ0n) is 13.4. The van der Waals surface area contributed by atoms with Gasteiger partial charge in [0.1, 0.15) is 0 Å². The van der Waals surface area contributed by atoms with E-state index >= 15 is 0 Å². The predicted molar refractivity (Wildman–Crippen MR) is 79.3 cm³/mol. The van der Waals surface area contributed by atoms with Crippen molar-refractivity contribution in [3.63, 3.8) is 0 Å². The number of hydrogen-bond donors (Lipinski definition) is 1. The van der Waals surface area contributed by atoms with E-state index in [9.17, 15) is 18.0 Å². The quantitative estimate of drug-likeness (QED) is 0.926. The molecule has 0 bridgehead atoms. The summed E-state index contributed by atoms with van der Waals surface area (Å²) in [6.07, 6.45) is -1.11. The SMILES string of the molecule is Cc1nc2nc(C(F)(F)F)nn2c(C)c1CC(=O)NCC1CCC1. The molecule has 0 radical (unpaired) electrons. The van der Waals surface area contributed by atoms with Crippen LogP contribution in [0, 0.1) is 19.8 Å². The van der Waals surface area contributed by atoms with Gasteiger partial charge in [-0.25, -0.2) is 9.50 Å². The molecular formula is C15H18F3N5O. The second-order valence-electron chi connectivity index (χ2n) is 6.18. The molecule has 0 saturated heterocycles. The molecule has 1 N–H and O–H groups in total. The standard InChI is InChI=1S/C15H18F3N5O/c1-8-11(6-12(24)19-7-10-4-3-5-10)9(2)23-14(20-8)21-13(22-23)15(16,17)18/h10H,3-7H2,1-2H3,(H,19,24). The molecule has 3 rings (SSSR count). The number of aryl methyl sites for hydroxylation is 2. The molecular weight excluding hydrogens is 323 g/mol. The first-order valence-electron chi connectivity index (χ1n) is 7.82. The first-order chi connectivity index (χ1) is 11.3. The summed E-state index contributed by atoms with van der Waals surface area (Å²) in [6, 6.07) is 0. The van der Waals surface area contributed by atoms with Crippen molar-refractivity contribution in [2.24, 2.45) is 5.92 Å². The Labute approximate surface area is 136 Å². The maximum Gasteiger partial charge on any atom is 0.453 e. The number of amides is 1. The van der Waals surface area contributed by atoms with Crippen LogP contribution in [-0.4, -0.2) is 32.0 Å². The predicted octanol–water partition coefficient (Wildman–Crippen LogP) is 2.22. The lowest BCUT2D eigenvalue weighted by molar-refractivity contribution is -0.144. The molecule has 1 saturated carbocycles. The highest BCUT2D eigenvalue weighted by Crippen LogP contribution is 2.27. The fourth-order valence-electron chi connectivity index (χ4n) is 2.76. The normalized spacial score (nSPS) is 15.5. The van der Waals surface area contributed by atoms with Gasteiger partial charge in [-0.3, -0.25) is 4.79 Å². The number of carbonyl (C=O) groups is 1. The summed E-state index contributed by atoms with van der Waals surface area (Å²) in [4.78, 5) is 19.6. The minimum Gasteiger partial charge on any atom is -0.356 e. The molecule has 2 aromatic rings. The number of hydrogen-bond acceptors (Lipinski definition) is 4. The van der Waals surface area contributed by atoms with Crippen molar-refractivity contribution >= 4 is 11.7 Å². The number of alkyl halides is 3. The van der Waals surface area contributed by atoms with Crippen LogP contribution in [0.15, 0.2) is 0 Å². The van der Waals surface area contributed by atoms with Crippen LogP contribution in [0.2, 0.25) is 0 Å². The van der Waals surface area contributed by atoms with E-state index in [1.807, 2.05) is 0 Å². The minimum atomic E-state index is -4.63. The Morgan fingerprint density at radius 2 is 2.00 bits per heavy atom. The molecule has 1 fully saturated rings. The van der Waals surface area contributed by atoms with Gasteiger partial charge in [-0.2, -0.15) is 18.2 Å². The van der Waals surface area contributed by atoms with Gasteiger partial charge in [0.15, 0.2) is 0 Å². The highest BCUT2D eigenvalue weighted by Gasteiger charge is 2.37. The van der Waals surface area contributed by atoms with Crippen LogP contribution in [0.5, 0.6) is 0 Å². The van der Waals surface area contributed by atoms with Crippen LogP contribution in [0.1, 0.15) is 42.0 Å². The molecule has 2 aromatic heterocycles. The summed E-state index contributed by atoms with van der Waals surface area (Å²) in [6.45, 7) is 3.92. The number of fused-ring (bicyclic) bond motifs is 1. The molecule has 130 valence electrons. The molecule has 24 heavy (non-hydrogen) atoms. The molecule has 1 aliphatic rings. The first-order valence-corrected chi connectivity index (χ1v) is 7.82. The largest absolute Gasteiger partial charge is 0.453 e. The summed E-state index contributed by atoms with van der Waals surface area (Å²) < 4.78 is 39.3. The van der Waals surface area contributed by atoms with Crippen molar-refractivity contribution < 1.29 is 18.0 Å². The van der Waals surface area contributed by atoms with Crippen LogP contribution in [0.4, 0.5) is 13.2 Å². The van der Waals surface area contributed by atoms with E-state index in [1.165, 1.54) is 6.42 Å². The van der Waals surface area contributed by atoms with Crippen LogP contribution in [0.3, 0.4) is 0 Å². The van der Waals surface area contributed by atoms with Gasteiger partial charge in [0.05, 0.1) is 6.42 Å². The number of halogens is 3. The Kier molecular flexibility index (Phi) is 4.18. The molecule has 1 aliphatic carbocycles. The highest BCUT2D eigenvalue weighted by molar-refractivity contribution is 5.79. The molecule has 9 heteroatoms. The first kappa shape index (κ1) is 16.7. The lowest BCUT2D eigenvalue weighted by Gasteiger charge is -2.25. The van der Waals surface area contributed by atoms with Crippen molar-refractivity contribution in [1.29, 1.82) is 0 Å². The molecule has 0 spiro atoms. The monoisotopic (exact) mass is 341 g/mol. The third-order valence-electron chi connectivity index (χ3n) is 4.45. The van der Waals surface area contributed by atoms with Crippen LogP contribution in [0.25, 0.3) is 5.78 Å². The molecule has 1 amide bonds. The Morgan fingerprint density at radius 3 is 2.58 bits per heavy atom. The Balaban J connectivity index is 1.83. The highest BCUT2D eigenvalue weighted by atomic mass is 19.4. The molecule has 0 atom stereocenters. The maximum absolute atomic E-state index is 12.8. The third kappa shape index (κ3) is 3.20. The van der Waals surface area contributed by atoms with Crippen LogP contribution < -0.4 is 5.32 Å². The van der Waals surface area contributed by atoms with E-state index in [-0.39, 0.29) is 18.1 Å². The molecule has 6 nitrogen and oxygen atoms in total. The van der Waals surface area contributed by atoms with Crippen molar-refractivity contribution in [2.45, 2.75) is 45.7 Å². The summed E-state index contributed by atoms with van der Waals surface area (Å²) in [5.74, 6) is -0.966. The maximum atomic E-state index is 12.8. The Bertz CT molecular complexity index is 779. The van der Waals surface area contributed by atoms with Gasteiger partial charge in [0.2, 0.25) is 5.91 Å².